The molecule has 2 N–H and O–H groups in total. The lowest BCUT2D eigenvalue weighted by atomic mass is 10.1. The normalized spacial score (nSPS) is 11.5. The lowest BCUT2D eigenvalue weighted by Gasteiger charge is -1.99. The fourth-order valence-electron chi connectivity index (χ4n) is 3.63. The number of thiophene rings is 1. The highest BCUT2D eigenvalue weighted by Gasteiger charge is 2.16. The maximum atomic E-state index is 4.64. The van der Waals surface area contributed by atoms with Crippen LogP contribution in [0, 0.1) is 6.92 Å². The monoisotopic (exact) mass is 409 g/mol. The molecule has 0 saturated heterocycles. The van der Waals surface area contributed by atoms with Crippen molar-refractivity contribution in [3.05, 3.63) is 66.2 Å². The molecular weight excluding hydrogens is 394 g/mol. The molecule has 0 aromatic carbocycles. The molecule has 0 saturated carbocycles. The summed E-state index contributed by atoms with van der Waals surface area (Å²) in [6, 6.07) is 10.3. The topological polar surface area (TPSA) is 96.0 Å². The molecule has 0 bridgehead atoms. The van der Waals surface area contributed by atoms with Crippen molar-refractivity contribution in [1.29, 1.82) is 0 Å². The van der Waals surface area contributed by atoms with Crippen LogP contribution in [0.25, 0.3) is 55.2 Å². The first-order chi connectivity index (χ1) is 14.8. The summed E-state index contributed by atoms with van der Waals surface area (Å²) < 4.78 is 0. The molecule has 144 valence electrons. The van der Waals surface area contributed by atoms with E-state index in [1.165, 1.54) is 4.88 Å². The number of pyridine rings is 2. The number of hydrogen-bond acceptors (Lipinski definition) is 6. The first kappa shape index (κ1) is 17.0. The Kier molecular flexibility index (Phi) is 3.72. The second kappa shape index (κ2) is 6.57. The number of nitrogens with zero attached hydrogens (tertiary/aromatic N) is 5. The van der Waals surface area contributed by atoms with Gasteiger partial charge in [-0.25, -0.2) is 0 Å². The van der Waals surface area contributed by atoms with Gasteiger partial charge in [0.1, 0.15) is 11.4 Å². The third-order valence-electron chi connectivity index (χ3n) is 5.05. The SMILES string of the molecule is Cc1ccc(-c2nccc3[nH]c(-c4n[nH]c5cnc(-c6cnccn6)cc45)cc23)s1. The van der Waals surface area contributed by atoms with E-state index in [1.54, 1.807) is 36.1 Å². The minimum Gasteiger partial charge on any atom is -0.353 e. The van der Waals surface area contributed by atoms with Gasteiger partial charge in [-0.15, -0.1) is 11.3 Å². The number of nitrogens with one attached hydrogen (secondary N) is 2. The molecule has 0 aliphatic rings. The average Bonchev–Trinajstić information content (AvgIpc) is 3.51. The molecule has 8 heteroatoms. The maximum Gasteiger partial charge on any atom is 0.116 e. The van der Waals surface area contributed by atoms with Crippen LogP contribution in [-0.2, 0) is 0 Å². The number of aromatic nitrogens is 7. The molecule has 0 aliphatic heterocycles. The van der Waals surface area contributed by atoms with E-state index < -0.39 is 0 Å². The summed E-state index contributed by atoms with van der Waals surface area (Å²) in [6.07, 6.45) is 8.63. The van der Waals surface area contributed by atoms with Crippen LogP contribution in [0.3, 0.4) is 0 Å². The molecule has 0 radical (unpaired) electrons. The molecule has 0 unspecified atom stereocenters. The van der Waals surface area contributed by atoms with Crippen molar-refractivity contribution in [2.45, 2.75) is 6.92 Å². The van der Waals surface area contributed by atoms with Crippen LogP contribution >= 0.6 is 11.3 Å². The Labute approximate surface area is 174 Å². The second-order valence-electron chi connectivity index (χ2n) is 6.99. The van der Waals surface area contributed by atoms with Crippen molar-refractivity contribution in [3.63, 3.8) is 0 Å². The van der Waals surface area contributed by atoms with Crippen molar-refractivity contribution in [1.82, 2.24) is 35.1 Å². The average molecular weight is 409 g/mol. The molecule has 0 amide bonds. The van der Waals surface area contributed by atoms with Gasteiger partial charge < -0.3 is 4.98 Å². The van der Waals surface area contributed by atoms with Gasteiger partial charge in [0.2, 0.25) is 0 Å². The second-order valence-corrected chi connectivity index (χ2v) is 8.28. The van der Waals surface area contributed by atoms with Gasteiger partial charge in [-0.05, 0) is 37.3 Å². The zero-order chi connectivity index (χ0) is 20.1. The standard InChI is InChI=1S/C22H15N7S/c1-12-2-3-20(30-12)22-13-9-17(27-15(13)4-5-25-22)21-14-8-16(19-10-23-6-7-24-19)26-11-18(14)28-29-21/h2-11,27H,1H3,(H,28,29). The van der Waals surface area contributed by atoms with E-state index in [-0.39, 0.29) is 0 Å². The van der Waals surface area contributed by atoms with Gasteiger partial charge in [-0.2, -0.15) is 5.10 Å². The fourth-order valence-corrected chi connectivity index (χ4v) is 4.51. The fraction of sp³-hybridized carbons (Fsp3) is 0.0455. The van der Waals surface area contributed by atoms with E-state index in [0.717, 1.165) is 55.2 Å². The van der Waals surface area contributed by atoms with Crippen LogP contribution in [-0.4, -0.2) is 35.1 Å². The minimum absolute atomic E-state index is 0.725. The summed E-state index contributed by atoms with van der Waals surface area (Å²) in [5, 5.41) is 9.68. The molecule has 7 nitrogen and oxygen atoms in total. The summed E-state index contributed by atoms with van der Waals surface area (Å²) in [5.41, 5.74) is 6.12. The quantitative estimate of drug-likeness (QED) is 0.429. The lowest BCUT2D eigenvalue weighted by molar-refractivity contribution is 1.11. The predicted molar refractivity (Wildman–Crippen MR) is 118 cm³/mol. The molecule has 0 aliphatic carbocycles. The highest BCUT2D eigenvalue weighted by molar-refractivity contribution is 7.15. The van der Waals surface area contributed by atoms with Crippen molar-refractivity contribution >= 4 is 33.1 Å². The van der Waals surface area contributed by atoms with Gasteiger partial charge in [-0.1, -0.05) is 0 Å². The summed E-state index contributed by atoms with van der Waals surface area (Å²) in [6.45, 7) is 2.11. The van der Waals surface area contributed by atoms with E-state index in [9.17, 15) is 0 Å². The van der Waals surface area contributed by atoms with Crippen LogP contribution in [0.15, 0.2) is 61.3 Å². The van der Waals surface area contributed by atoms with Gasteiger partial charge >= 0.3 is 0 Å². The third-order valence-corrected chi connectivity index (χ3v) is 6.06. The van der Waals surface area contributed by atoms with Crippen LogP contribution in [0.2, 0.25) is 0 Å². The number of rotatable bonds is 3. The Balaban J connectivity index is 1.52. The smallest absolute Gasteiger partial charge is 0.116 e. The minimum atomic E-state index is 0.725. The summed E-state index contributed by atoms with van der Waals surface area (Å²) in [5.74, 6) is 0. The molecule has 30 heavy (non-hydrogen) atoms. The summed E-state index contributed by atoms with van der Waals surface area (Å²) in [4.78, 5) is 23.5. The Bertz CT molecular complexity index is 1510. The number of aromatic amines is 2. The Morgan fingerprint density at radius 3 is 2.57 bits per heavy atom. The summed E-state index contributed by atoms with van der Waals surface area (Å²) in [7, 11) is 0. The van der Waals surface area contributed by atoms with Crippen molar-refractivity contribution in [2.24, 2.45) is 0 Å². The number of fused-ring (bicyclic) bond motifs is 2. The lowest BCUT2D eigenvalue weighted by Crippen LogP contribution is -1.88. The van der Waals surface area contributed by atoms with Crippen LogP contribution in [0.4, 0.5) is 0 Å². The van der Waals surface area contributed by atoms with Gasteiger partial charge in [0.25, 0.3) is 0 Å². The van der Waals surface area contributed by atoms with E-state index in [4.69, 9.17) is 0 Å². The molecule has 6 aromatic heterocycles. The molecular formula is C22H15N7S. The summed E-state index contributed by atoms with van der Waals surface area (Å²) >= 11 is 1.75. The van der Waals surface area contributed by atoms with Crippen LogP contribution < -0.4 is 0 Å². The van der Waals surface area contributed by atoms with E-state index in [0.29, 0.717) is 0 Å². The van der Waals surface area contributed by atoms with E-state index >= 15 is 0 Å². The van der Waals surface area contributed by atoms with E-state index in [1.807, 2.05) is 18.3 Å². The van der Waals surface area contributed by atoms with Crippen LogP contribution in [0.5, 0.6) is 0 Å². The van der Waals surface area contributed by atoms with Gasteiger partial charge in [0.05, 0.1) is 39.9 Å². The molecule has 0 atom stereocenters. The van der Waals surface area contributed by atoms with Crippen molar-refractivity contribution in [3.8, 4) is 33.3 Å². The number of hydrogen-bond donors (Lipinski definition) is 2. The Morgan fingerprint density at radius 2 is 1.73 bits per heavy atom. The zero-order valence-corrected chi connectivity index (χ0v) is 16.7. The maximum absolute atomic E-state index is 4.64. The zero-order valence-electron chi connectivity index (χ0n) is 15.9. The molecule has 0 spiro atoms. The first-order valence-corrected chi connectivity index (χ1v) is 10.2. The number of aryl methyl sites for hydroxylation is 1. The highest BCUT2D eigenvalue weighted by Crippen LogP contribution is 2.35. The molecule has 6 rings (SSSR count). The Hall–Kier alpha value is -3.91. The van der Waals surface area contributed by atoms with Gasteiger partial charge in [-0.3, -0.25) is 25.0 Å². The molecule has 6 aromatic rings. The van der Waals surface area contributed by atoms with Crippen molar-refractivity contribution < 1.29 is 0 Å². The molecule has 0 fully saturated rings. The first-order valence-electron chi connectivity index (χ1n) is 9.42. The van der Waals surface area contributed by atoms with Gasteiger partial charge in [0, 0.05) is 39.8 Å². The molecule has 6 heterocycles. The van der Waals surface area contributed by atoms with Gasteiger partial charge in [0.15, 0.2) is 0 Å². The van der Waals surface area contributed by atoms with E-state index in [2.05, 4.69) is 60.2 Å². The highest BCUT2D eigenvalue weighted by atomic mass is 32.1. The largest absolute Gasteiger partial charge is 0.353 e. The van der Waals surface area contributed by atoms with Crippen molar-refractivity contribution in [2.75, 3.05) is 0 Å². The van der Waals surface area contributed by atoms with Crippen LogP contribution in [0.1, 0.15) is 4.88 Å². The predicted octanol–water partition coefficient (Wildman–Crippen LogP) is 5.00. The Morgan fingerprint density at radius 1 is 0.800 bits per heavy atom. The third kappa shape index (κ3) is 2.69. The number of H-pyrrole nitrogens is 2.